The van der Waals surface area contributed by atoms with Crippen molar-refractivity contribution in [2.24, 2.45) is 0 Å². The van der Waals surface area contributed by atoms with Crippen molar-refractivity contribution in [2.45, 2.75) is 61.1 Å². The number of carbonyl (C=O) groups is 1. The monoisotopic (exact) mass is 528 g/mol. The van der Waals surface area contributed by atoms with Crippen LogP contribution in [0.25, 0.3) is 6.08 Å². The van der Waals surface area contributed by atoms with Gasteiger partial charge in [-0.2, -0.15) is 13.2 Å². The number of hydrogen-bond acceptors (Lipinski definition) is 5. The molecular formula is C29H31F3N2O4. The van der Waals surface area contributed by atoms with Gasteiger partial charge in [0, 0.05) is 24.7 Å². The Bertz CT molecular complexity index is 1330. The van der Waals surface area contributed by atoms with Crippen LogP contribution >= 0.6 is 0 Å². The number of halogens is 3. The highest BCUT2D eigenvalue weighted by atomic mass is 19.4. The zero-order valence-corrected chi connectivity index (χ0v) is 21.6. The predicted octanol–water partition coefficient (Wildman–Crippen LogP) is 4.04. The fraction of sp³-hybridized carbons (Fsp3) is 0.483. The molecule has 2 aromatic carbocycles. The number of hydrogen-bond donors (Lipinski definition) is 1. The molecule has 0 radical (unpaired) electrons. The molecule has 0 unspecified atom stereocenters. The van der Waals surface area contributed by atoms with Gasteiger partial charge in [0.1, 0.15) is 6.10 Å². The zero-order chi connectivity index (χ0) is 27.0. The Morgan fingerprint density at radius 2 is 2.05 bits per heavy atom. The van der Waals surface area contributed by atoms with E-state index in [-0.39, 0.29) is 18.0 Å². The van der Waals surface area contributed by atoms with Crippen LogP contribution in [-0.2, 0) is 22.8 Å². The number of piperidine rings is 1. The van der Waals surface area contributed by atoms with Gasteiger partial charge in [-0.1, -0.05) is 18.2 Å². The number of likely N-dealkylation sites (N-methyl/N-ethyl adjacent to an activating group) is 2. The fourth-order valence-electron chi connectivity index (χ4n) is 7.54. The van der Waals surface area contributed by atoms with E-state index >= 15 is 0 Å². The maximum absolute atomic E-state index is 13.3. The van der Waals surface area contributed by atoms with Crippen LogP contribution in [0, 0.1) is 0 Å². The van der Waals surface area contributed by atoms with Crippen LogP contribution < -0.4 is 9.47 Å². The molecule has 2 aromatic rings. The highest BCUT2D eigenvalue weighted by Crippen LogP contribution is 2.65. The number of benzene rings is 2. The number of ether oxygens (including phenoxy) is 2. The van der Waals surface area contributed by atoms with E-state index in [0.717, 1.165) is 36.2 Å². The number of nitrogens with zero attached hydrogens (tertiary/aromatic N) is 2. The molecule has 9 heteroatoms. The van der Waals surface area contributed by atoms with Crippen molar-refractivity contribution in [3.63, 3.8) is 0 Å². The van der Waals surface area contributed by atoms with Crippen LogP contribution in [0.3, 0.4) is 0 Å². The summed E-state index contributed by atoms with van der Waals surface area (Å²) < 4.78 is 51.6. The van der Waals surface area contributed by atoms with E-state index in [4.69, 9.17) is 9.47 Å². The largest absolute Gasteiger partial charge is 0.493 e. The summed E-state index contributed by atoms with van der Waals surface area (Å²) in [6, 6.07) is 8.46. The Morgan fingerprint density at radius 1 is 1.26 bits per heavy atom. The van der Waals surface area contributed by atoms with E-state index in [0.29, 0.717) is 36.3 Å². The quantitative estimate of drug-likeness (QED) is 0.608. The van der Waals surface area contributed by atoms with Crippen molar-refractivity contribution in [2.75, 3.05) is 27.7 Å². The molecule has 6 rings (SSSR count). The third kappa shape index (κ3) is 3.37. The van der Waals surface area contributed by atoms with Gasteiger partial charge < -0.3 is 24.4 Å². The molecule has 4 aliphatic rings. The Labute approximate surface area is 219 Å². The Kier molecular flexibility index (Phi) is 5.63. The predicted molar refractivity (Wildman–Crippen MR) is 135 cm³/mol. The molecule has 1 spiro atoms. The molecule has 2 aliphatic heterocycles. The van der Waals surface area contributed by atoms with Gasteiger partial charge in [-0.05, 0) is 74.7 Å². The Hall–Kier alpha value is -3.04. The first kappa shape index (κ1) is 25.2. The Balaban J connectivity index is 1.34. The molecular weight excluding hydrogens is 497 g/mol. The molecule has 2 fully saturated rings. The van der Waals surface area contributed by atoms with Crippen molar-refractivity contribution in [1.29, 1.82) is 0 Å². The summed E-state index contributed by atoms with van der Waals surface area (Å²) in [7, 11) is 5.35. The van der Waals surface area contributed by atoms with E-state index in [1.54, 1.807) is 19.1 Å². The molecule has 6 nitrogen and oxygen atoms in total. The second kappa shape index (κ2) is 8.48. The summed E-state index contributed by atoms with van der Waals surface area (Å²) in [5.74, 6) is 0.939. The minimum atomic E-state index is -4.45. The average Bonchev–Trinajstić information content (AvgIpc) is 3.24. The second-order valence-corrected chi connectivity index (χ2v) is 11.0. The van der Waals surface area contributed by atoms with Gasteiger partial charge in [0.15, 0.2) is 11.5 Å². The summed E-state index contributed by atoms with van der Waals surface area (Å²) >= 11 is 0. The number of aliphatic hydroxyl groups is 1. The molecule has 2 bridgehead atoms. The lowest BCUT2D eigenvalue weighted by atomic mass is 9.48. The number of rotatable bonds is 4. The van der Waals surface area contributed by atoms with Gasteiger partial charge >= 0.3 is 6.18 Å². The van der Waals surface area contributed by atoms with Crippen LogP contribution in [-0.4, -0.2) is 72.4 Å². The van der Waals surface area contributed by atoms with E-state index < -0.39 is 28.9 Å². The third-order valence-corrected chi connectivity index (χ3v) is 9.38. The van der Waals surface area contributed by atoms with Crippen LogP contribution in [0.4, 0.5) is 13.2 Å². The number of methoxy groups -OCH3 is 1. The third-order valence-electron chi connectivity index (χ3n) is 9.38. The number of likely N-dealkylation sites (tertiary alicyclic amines) is 1. The lowest BCUT2D eigenvalue weighted by Crippen LogP contribution is -2.77. The summed E-state index contributed by atoms with van der Waals surface area (Å²) in [5, 5.41) is 12.4. The smallest absolute Gasteiger partial charge is 0.416 e. The summed E-state index contributed by atoms with van der Waals surface area (Å²) in [4.78, 5) is 17.2. The van der Waals surface area contributed by atoms with Gasteiger partial charge in [-0.3, -0.25) is 4.79 Å². The van der Waals surface area contributed by atoms with Gasteiger partial charge in [0.05, 0.1) is 29.7 Å². The standard InChI is InChI=1S/C29H31F3N2O4/c1-33-14-13-27-24-18-8-9-21(37-3)25(24)38-26(27)20(11-12-28(27,36)22(33)16-18)34(2)23(35)10-7-17-5-4-6-19(15-17)29(30,31)32/h4-10,15,20,22,26,36H,11-14,16H2,1-3H3/t20-,22-,26+,27+,28-/m1/s1. The van der Waals surface area contributed by atoms with Crippen LogP contribution in [0.5, 0.6) is 11.5 Å². The maximum atomic E-state index is 13.3. The molecule has 0 aromatic heterocycles. The number of alkyl halides is 3. The van der Waals surface area contributed by atoms with E-state index in [9.17, 15) is 23.1 Å². The summed E-state index contributed by atoms with van der Waals surface area (Å²) in [6.07, 6.45) is 0.241. The lowest BCUT2D eigenvalue weighted by Gasteiger charge is -2.64. The molecule has 2 heterocycles. The Morgan fingerprint density at radius 3 is 2.79 bits per heavy atom. The highest BCUT2D eigenvalue weighted by molar-refractivity contribution is 5.92. The van der Waals surface area contributed by atoms with Crippen molar-refractivity contribution >= 4 is 12.0 Å². The summed E-state index contributed by atoms with van der Waals surface area (Å²) in [5.41, 5.74) is -0.0000866. The second-order valence-electron chi connectivity index (χ2n) is 11.0. The van der Waals surface area contributed by atoms with Gasteiger partial charge in [0.25, 0.3) is 0 Å². The lowest BCUT2D eigenvalue weighted by molar-refractivity contribution is -0.195. The first-order valence-electron chi connectivity index (χ1n) is 12.9. The van der Waals surface area contributed by atoms with Crippen molar-refractivity contribution in [3.8, 4) is 11.5 Å². The molecule has 2 aliphatic carbocycles. The first-order valence-corrected chi connectivity index (χ1v) is 12.9. The maximum Gasteiger partial charge on any atom is 0.416 e. The average molecular weight is 529 g/mol. The van der Waals surface area contributed by atoms with Gasteiger partial charge in [0.2, 0.25) is 5.91 Å². The molecule has 5 atom stereocenters. The molecule has 202 valence electrons. The van der Waals surface area contributed by atoms with Crippen LogP contribution in [0.15, 0.2) is 42.5 Å². The van der Waals surface area contributed by atoms with Gasteiger partial charge in [-0.15, -0.1) is 0 Å². The van der Waals surface area contributed by atoms with E-state index in [1.165, 1.54) is 24.3 Å². The SMILES string of the molecule is COc1ccc2c3c1O[C@H]1[C@H](N(C)C(=O)C=Cc4cccc(C(F)(F)F)c4)CC[C@@]4(O)[C@@H](C2)N(C)CC[C@]314. The highest BCUT2D eigenvalue weighted by Gasteiger charge is 2.73. The molecule has 1 amide bonds. The van der Waals surface area contributed by atoms with Crippen LogP contribution in [0.2, 0.25) is 0 Å². The van der Waals surface area contributed by atoms with Crippen LogP contribution in [0.1, 0.15) is 41.5 Å². The number of amides is 1. The molecule has 1 saturated heterocycles. The van der Waals surface area contributed by atoms with Gasteiger partial charge in [-0.25, -0.2) is 0 Å². The molecule has 1 saturated carbocycles. The van der Waals surface area contributed by atoms with E-state index in [1.807, 2.05) is 6.07 Å². The number of carbonyl (C=O) groups excluding carboxylic acids is 1. The normalized spacial score (nSPS) is 31.6. The van der Waals surface area contributed by atoms with Crippen molar-refractivity contribution in [1.82, 2.24) is 9.80 Å². The van der Waals surface area contributed by atoms with Crippen molar-refractivity contribution in [3.05, 3.63) is 64.7 Å². The topological polar surface area (TPSA) is 62.2 Å². The summed E-state index contributed by atoms with van der Waals surface area (Å²) in [6.45, 7) is 0.794. The fourth-order valence-corrected chi connectivity index (χ4v) is 7.54. The van der Waals surface area contributed by atoms with E-state index in [2.05, 4.69) is 18.0 Å². The zero-order valence-electron chi connectivity index (χ0n) is 21.6. The minimum absolute atomic E-state index is 0.0584. The van der Waals surface area contributed by atoms with Crippen molar-refractivity contribution < 1.29 is 32.5 Å². The minimum Gasteiger partial charge on any atom is -0.493 e. The molecule has 1 N–H and O–H groups in total. The first-order chi connectivity index (χ1) is 18.0. The molecule has 38 heavy (non-hydrogen) atoms.